The summed E-state index contributed by atoms with van der Waals surface area (Å²) in [5.74, 6) is 1.69. The van der Waals surface area contributed by atoms with Crippen molar-refractivity contribution in [2.45, 2.75) is 12.5 Å². The molecule has 4 rings (SSSR count). The molecule has 1 aromatic carbocycles. The Kier molecular flexibility index (Phi) is 5.35. The topological polar surface area (TPSA) is 66.2 Å². The molecule has 2 aromatic heterocycles. The molecule has 0 amide bonds. The van der Waals surface area contributed by atoms with Crippen LogP contribution >= 0.6 is 43.2 Å². The maximum atomic E-state index is 12.0. The minimum absolute atomic E-state index is 0.0604. The number of pyridine rings is 1. The van der Waals surface area contributed by atoms with Crippen LogP contribution in [0.15, 0.2) is 43.4 Å². The van der Waals surface area contributed by atoms with E-state index in [0.717, 1.165) is 50.2 Å². The Labute approximate surface area is 171 Å². The first-order valence-electron chi connectivity index (χ1n) is 8.31. The highest BCUT2D eigenvalue weighted by Gasteiger charge is 2.26. The van der Waals surface area contributed by atoms with Crippen molar-refractivity contribution in [2.24, 2.45) is 0 Å². The third-order valence-electron chi connectivity index (χ3n) is 4.30. The minimum atomic E-state index is 0.0604. The third-order valence-corrected chi connectivity index (χ3v) is 6.28. The number of ether oxygens (including phenoxy) is 1. The maximum Gasteiger partial charge on any atom is 0.201 e. The molecular weight excluding hydrogens is 482 g/mol. The van der Waals surface area contributed by atoms with Gasteiger partial charge in [-0.15, -0.1) is 11.3 Å². The number of halogens is 2. The molecule has 5 nitrogen and oxygen atoms in total. The second-order valence-electron chi connectivity index (χ2n) is 6.11. The van der Waals surface area contributed by atoms with E-state index < -0.39 is 0 Å². The standard InChI is InChI=1S/C18H17Br2N3O2S/c19-10-6-11-14(9-25-17(11)12(20)7-10)21-3-1-4-22-16-8-15(24)18-13(23-16)2-5-26-18/h2,5-8,14,21H,1,3-4,9H2,(H2,22,23,24)/t14-/m1/s1. The molecular formula is C18H17Br2N3O2S. The first-order valence-corrected chi connectivity index (χ1v) is 10.8. The molecule has 8 heteroatoms. The largest absolute Gasteiger partial charge is 0.490 e. The number of nitrogens with one attached hydrogen (secondary N) is 3. The summed E-state index contributed by atoms with van der Waals surface area (Å²) in [5.41, 5.74) is 2.12. The van der Waals surface area contributed by atoms with Crippen molar-refractivity contribution in [2.75, 3.05) is 25.0 Å². The lowest BCUT2D eigenvalue weighted by atomic mass is 10.1. The number of thiophene rings is 1. The monoisotopic (exact) mass is 497 g/mol. The number of benzene rings is 1. The van der Waals surface area contributed by atoms with E-state index in [4.69, 9.17) is 4.74 Å². The Morgan fingerprint density at radius 3 is 3.04 bits per heavy atom. The molecule has 0 radical (unpaired) electrons. The number of aromatic nitrogens is 1. The summed E-state index contributed by atoms with van der Waals surface area (Å²) in [4.78, 5) is 15.3. The minimum Gasteiger partial charge on any atom is -0.490 e. The first kappa shape index (κ1) is 18.0. The predicted molar refractivity (Wildman–Crippen MR) is 114 cm³/mol. The van der Waals surface area contributed by atoms with E-state index in [0.29, 0.717) is 6.61 Å². The van der Waals surface area contributed by atoms with Gasteiger partial charge in [0.05, 0.1) is 20.7 Å². The predicted octanol–water partition coefficient (Wildman–Crippen LogP) is 4.64. The third kappa shape index (κ3) is 3.69. The molecule has 0 unspecified atom stereocenters. The molecule has 136 valence electrons. The summed E-state index contributed by atoms with van der Waals surface area (Å²) >= 11 is 8.54. The van der Waals surface area contributed by atoms with Crippen molar-refractivity contribution in [1.29, 1.82) is 0 Å². The average Bonchev–Trinajstić information content (AvgIpc) is 3.22. The van der Waals surface area contributed by atoms with Crippen LogP contribution in [0, 0.1) is 0 Å². The Hall–Kier alpha value is -1.35. The molecule has 0 fully saturated rings. The van der Waals surface area contributed by atoms with Crippen LogP contribution in [0.1, 0.15) is 18.0 Å². The van der Waals surface area contributed by atoms with Gasteiger partial charge in [-0.05, 0) is 52.5 Å². The number of anilines is 1. The van der Waals surface area contributed by atoms with Crippen LogP contribution in [0.25, 0.3) is 10.2 Å². The quantitative estimate of drug-likeness (QED) is 0.433. The van der Waals surface area contributed by atoms with Crippen LogP contribution in [0.4, 0.5) is 5.82 Å². The lowest BCUT2D eigenvalue weighted by Crippen LogP contribution is -2.25. The summed E-state index contributed by atoms with van der Waals surface area (Å²) in [6, 6.07) is 7.85. The highest BCUT2D eigenvalue weighted by atomic mass is 79.9. The molecule has 1 aliphatic heterocycles. The van der Waals surface area contributed by atoms with E-state index in [1.54, 1.807) is 6.07 Å². The van der Waals surface area contributed by atoms with Gasteiger partial charge in [0.15, 0.2) is 0 Å². The maximum absolute atomic E-state index is 12.0. The first-order chi connectivity index (χ1) is 12.6. The molecule has 0 saturated heterocycles. The Morgan fingerprint density at radius 2 is 2.15 bits per heavy atom. The summed E-state index contributed by atoms with van der Waals surface area (Å²) in [6.07, 6.45) is 0.935. The Morgan fingerprint density at radius 1 is 1.27 bits per heavy atom. The molecule has 0 spiro atoms. The van der Waals surface area contributed by atoms with Crippen molar-refractivity contribution in [3.63, 3.8) is 0 Å². The van der Waals surface area contributed by atoms with E-state index in [1.165, 1.54) is 16.9 Å². The van der Waals surface area contributed by atoms with Gasteiger partial charge in [0.25, 0.3) is 0 Å². The zero-order valence-electron chi connectivity index (χ0n) is 13.8. The summed E-state index contributed by atoms with van der Waals surface area (Å²) < 4.78 is 8.57. The van der Waals surface area contributed by atoms with E-state index in [-0.39, 0.29) is 11.5 Å². The number of fused-ring (bicyclic) bond motifs is 2. The van der Waals surface area contributed by atoms with Gasteiger partial charge in [0.2, 0.25) is 5.43 Å². The van der Waals surface area contributed by atoms with E-state index in [9.17, 15) is 4.79 Å². The fourth-order valence-corrected chi connectivity index (χ4v) is 5.21. The van der Waals surface area contributed by atoms with Crippen molar-refractivity contribution in [3.05, 3.63) is 54.4 Å². The fraction of sp³-hybridized carbons (Fsp3) is 0.278. The van der Waals surface area contributed by atoms with Gasteiger partial charge in [-0.3, -0.25) is 4.79 Å². The van der Waals surface area contributed by atoms with E-state index >= 15 is 0 Å². The molecule has 1 aliphatic rings. The van der Waals surface area contributed by atoms with Crippen LogP contribution in [-0.4, -0.2) is 24.7 Å². The van der Waals surface area contributed by atoms with Gasteiger partial charge < -0.3 is 20.4 Å². The highest BCUT2D eigenvalue weighted by molar-refractivity contribution is 9.11. The van der Waals surface area contributed by atoms with Crippen LogP contribution < -0.4 is 20.8 Å². The summed E-state index contributed by atoms with van der Waals surface area (Å²) in [5, 5.41) is 8.76. The molecule has 26 heavy (non-hydrogen) atoms. The van der Waals surface area contributed by atoms with Crippen molar-refractivity contribution >= 4 is 59.2 Å². The van der Waals surface area contributed by atoms with Crippen molar-refractivity contribution < 1.29 is 4.74 Å². The molecule has 3 heterocycles. The van der Waals surface area contributed by atoms with Gasteiger partial charge in [0, 0.05) is 22.6 Å². The smallest absolute Gasteiger partial charge is 0.201 e. The van der Waals surface area contributed by atoms with Crippen molar-refractivity contribution in [3.8, 4) is 5.75 Å². The summed E-state index contributed by atoms with van der Waals surface area (Å²) in [6.45, 7) is 2.27. The van der Waals surface area contributed by atoms with Crippen LogP contribution in [-0.2, 0) is 0 Å². The Bertz CT molecular complexity index is 1000. The number of rotatable bonds is 6. The number of H-pyrrole nitrogens is 1. The van der Waals surface area contributed by atoms with Crippen LogP contribution in [0.2, 0.25) is 0 Å². The lowest BCUT2D eigenvalue weighted by molar-refractivity contribution is 0.310. The molecule has 0 bridgehead atoms. The van der Waals surface area contributed by atoms with Gasteiger partial charge in [0.1, 0.15) is 18.2 Å². The van der Waals surface area contributed by atoms with Gasteiger partial charge in [-0.1, -0.05) is 15.9 Å². The molecule has 3 N–H and O–H groups in total. The number of hydrogen-bond acceptors (Lipinski definition) is 5. The van der Waals surface area contributed by atoms with Gasteiger partial charge >= 0.3 is 0 Å². The fourth-order valence-electron chi connectivity index (χ4n) is 3.08. The van der Waals surface area contributed by atoms with Gasteiger partial charge in [-0.2, -0.15) is 0 Å². The average molecular weight is 499 g/mol. The number of hydrogen-bond donors (Lipinski definition) is 3. The number of aromatic amines is 1. The van der Waals surface area contributed by atoms with Crippen molar-refractivity contribution in [1.82, 2.24) is 10.3 Å². The van der Waals surface area contributed by atoms with Crippen LogP contribution in [0.3, 0.4) is 0 Å². The Balaban J connectivity index is 1.29. The van der Waals surface area contributed by atoms with E-state index in [2.05, 4.69) is 53.5 Å². The normalized spacial score (nSPS) is 15.8. The summed E-state index contributed by atoms with van der Waals surface area (Å²) in [7, 11) is 0. The highest BCUT2D eigenvalue weighted by Crippen LogP contribution is 2.40. The molecule has 0 aliphatic carbocycles. The van der Waals surface area contributed by atoms with Gasteiger partial charge in [-0.25, -0.2) is 0 Å². The zero-order valence-corrected chi connectivity index (χ0v) is 17.8. The molecule has 1 atom stereocenters. The molecule has 3 aromatic rings. The second-order valence-corrected chi connectivity index (χ2v) is 8.80. The molecule has 0 saturated carbocycles. The van der Waals surface area contributed by atoms with E-state index in [1.807, 2.05) is 17.5 Å². The second kappa shape index (κ2) is 7.72. The zero-order chi connectivity index (χ0) is 18.1. The van der Waals surface area contributed by atoms with Crippen LogP contribution in [0.5, 0.6) is 5.75 Å². The SMILES string of the molecule is O=c1cc(NCCCN[C@@H]2COc3c(Br)cc(Br)cc32)[nH]c2ccsc12. The lowest BCUT2D eigenvalue weighted by Gasteiger charge is -2.12.